The predicted molar refractivity (Wildman–Crippen MR) is 52.2 cm³/mol. The van der Waals surface area contributed by atoms with E-state index in [4.69, 9.17) is 0 Å². The Hall–Kier alpha value is -0.0400. The van der Waals surface area contributed by atoms with Gasteiger partial charge in [0.25, 0.3) is 0 Å². The van der Waals surface area contributed by atoms with Crippen LogP contribution in [0.2, 0.25) is 0 Å². The third kappa shape index (κ3) is 1.28. The van der Waals surface area contributed by atoms with Crippen LogP contribution in [0.25, 0.3) is 0 Å². The van der Waals surface area contributed by atoms with Crippen molar-refractivity contribution in [2.75, 3.05) is 13.6 Å². The second-order valence-corrected chi connectivity index (χ2v) is 5.00. The van der Waals surface area contributed by atoms with Crippen molar-refractivity contribution >= 4 is 0 Å². The van der Waals surface area contributed by atoms with Crippen LogP contribution >= 0.6 is 0 Å². The Morgan fingerprint density at radius 3 is 2.67 bits per heavy atom. The molecule has 2 atom stereocenters. The Bertz CT molecular complexity index is 162. The van der Waals surface area contributed by atoms with Gasteiger partial charge in [-0.3, -0.25) is 0 Å². The van der Waals surface area contributed by atoms with Crippen LogP contribution in [-0.4, -0.2) is 24.5 Å². The molecule has 1 saturated carbocycles. The molecule has 70 valence electrons. The fourth-order valence-electron chi connectivity index (χ4n) is 3.31. The highest BCUT2D eigenvalue weighted by Crippen LogP contribution is 2.44. The Balaban J connectivity index is 2.12. The molecule has 1 aliphatic carbocycles. The topological polar surface area (TPSA) is 3.24 Å². The van der Waals surface area contributed by atoms with Gasteiger partial charge < -0.3 is 4.90 Å². The van der Waals surface area contributed by atoms with Crippen LogP contribution in [0.5, 0.6) is 0 Å². The van der Waals surface area contributed by atoms with Gasteiger partial charge in [-0.25, -0.2) is 0 Å². The minimum atomic E-state index is 0.672. The summed E-state index contributed by atoms with van der Waals surface area (Å²) in [6.45, 7) is 3.84. The molecule has 0 aromatic rings. The van der Waals surface area contributed by atoms with Gasteiger partial charge in [0.1, 0.15) is 0 Å². The molecule has 1 saturated heterocycles. The summed E-state index contributed by atoms with van der Waals surface area (Å²) in [6, 6.07) is 0.903. The molecule has 2 aliphatic rings. The highest BCUT2D eigenvalue weighted by atomic mass is 15.1. The molecule has 0 aromatic heterocycles. The van der Waals surface area contributed by atoms with Gasteiger partial charge in [-0.15, -0.1) is 0 Å². The monoisotopic (exact) mass is 167 g/mol. The van der Waals surface area contributed by atoms with Gasteiger partial charge in [-0.05, 0) is 44.7 Å². The highest BCUT2D eigenvalue weighted by Gasteiger charge is 2.40. The molecule has 2 fully saturated rings. The molecule has 12 heavy (non-hydrogen) atoms. The van der Waals surface area contributed by atoms with E-state index in [0.29, 0.717) is 5.41 Å². The number of fused-ring (bicyclic) bond motifs is 1. The van der Waals surface area contributed by atoms with Gasteiger partial charge >= 0.3 is 0 Å². The number of hydrogen-bond donors (Lipinski definition) is 0. The number of rotatable bonds is 0. The van der Waals surface area contributed by atoms with Crippen LogP contribution in [0.3, 0.4) is 0 Å². The largest absolute Gasteiger partial charge is 0.303 e. The van der Waals surface area contributed by atoms with Crippen molar-refractivity contribution in [3.8, 4) is 0 Å². The van der Waals surface area contributed by atoms with E-state index >= 15 is 0 Å². The molecule has 0 amide bonds. The maximum absolute atomic E-state index is 2.60. The fourth-order valence-corrected chi connectivity index (χ4v) is 3.31. The standard InChI is InChI=1S/C11H21N/c1-11-7-4-3-6-10(11)12(2)9-5-8-11/h10H,3-9H2,1-2H3/t10-,11-/m0/s1. The van der Waals surface area contributed by atoms with E-state index in [2.05, 4.69) is 18.9 Å². The Morgan fingerprint density at radius 2 is 1.92 bits per heavy atom. The molecular formula is C11H21N. The number of piperidine rings is 1. The van der Waals surface area contributed by atoms with E-state index in [-0.39, 0.29) is 0 Å². The highest BCUT2D eigenvalue weighted by molar-refractivity contribution is 4.94. The van der Waals surface area contributed by atoms with Gasteiger partial charge in [-0.1, -0.05) is 19.8 Å². The first kappa shape index (κ1) is 8.55. The van der Waals surface area contributed by atoms with Crippen molar-refractivity contribution < 1.29 is 0 Å². The lowest BCUT2D eigenvalue weighted by atomic mass is 9.67. The van der Waals surface area contributed by atoms with Crippen LogP contribution in [0.15, 0.2) is 0 Å². The lowest BCUT2D eigenvalue weighted by Crippen LogP contribution is -2.50. The normalized spacial score (nSPS) is 44.0. The molecule has 2 rings (SSSR count). The summed E-state index contributed by atoms with van der Waals surface area (Å²) in [6.07, 6.45) is 8.76. The average molecular weight is 167 g/mol. The Kier molecular flexibility index (Phi) is 2.16. The van der Waals surface area contributed by atoms with Crippen LogP contribution < -0.4 is 0 Å². The van der Waals surface area contributed by atoms with Crippen molar-refractivity contribution in [2.45, 2.75) is 51.5 Å². The first-order valence-electron chi connectivity index (χ1n) is 5.43. The van der Waals surface area contributed by atoms with Crippen molar-refractivity contribution in [1.82, 2.24) is 4.90 Å². The summed E-state index contributed by atoms with van der Waals surface area (Å²) >= 11 is 0. The zero-order chi connectivity index (χ0) is 8.60. The van der Waals surface area contributed by atoms with Crippen molar-refractivity contribution in [3.63, 3.8) is 0 Å². The maximum atomic E-state index is 2.60. The summed E-state index contributed by atoms with van der Waals surface area (Å²) < 4.78 is 0. The smallest absolute Gasteiger partial charge is 0.0146 e. The SMILES string of the molecule is CN1CCC[C@]2(C)CCCC[C@H]12. The third-order valence-corrected chi connectivity index (χ3v) is 4.07. The molecule has 1 heteroatoms. The second kappa shape index (κ2) is 3.02. The molecular weight excluding hydrogens is 146 g/mol. The van der Waals surface area contributed by atoms with Gasteiger partial charge in [-0.2, -0.15) is 0 Å². The van der Waals surface area contributed by atoms with Crippen molar-refractivity contribution in [3.05, 3.63) is 0 Å². The van der Waals surface area contributed by atoms with Gasteiger partial charge in [0, 0.05) is 6.04 Å². The summed E-state index contributed by atoms with van der Waals surface area (Å²) in [4.78, 5) is 2.60. The molecule has 0 unspecified atom stereocenters. The maximum Gasteiger partial charge on any atom is 0.0146 e. The summed E-state index contributed by atoms with van der Waals surface area (Å²) in [5.41, 5.74) is 0.672. The lowest BCUT2D eigenvalue weighted by Gasteiger charge is -2.50. The van der Waals surface area contributed by atoms with Crippen LogP contribution in [0.4, 0.5) is 0 Å². The molecule has 0 aromatic carbocycles. The molecule has 0 radical (unpaired) electrons. The van der Waals surface area contributed by atoms with E-state index < -0.39 is 0 Å². The molecule has 0 spiro atoms. The summed E-state index contributed by atoms with van der Waals surface area (Å²) in [7, 11) is 2.31. The summed E-state index contributed by atoms with van der Waals surface area (Å²) in [5, 5.41) is 0. The first-order valence-corrected chi connectivity index (χ1v) is 5.43. The Morgan fingerprint density at radius 1 is 1.17 bits per heavy atom. The fraction of sp³-hybridized carbons (Fsp3) is 1.00. The van der Waals surface area contributed by atoms with Gasteiger partial charge in [0.2, 0.25) is 0 Å². The van der Waals surface area contributed by atoms with Crippen LogP contribution in [0, 0.1) is 5.41 Å². The quantitative estimate of drug-likeness (QED) is 0.536. The number of nitrogens with zero attached hydrogens (tertiary/aromatic N) is 1. The predicted octanol–water partition coefficient (Wildman–Crippen LogP) is 2.66. The lowest BCUT2D eigenvalue weighted by molar-refractivity contribution is 0.00958. The number of hydrogen-bond acceptors (Lipinski definition) is 1. The van der Waals surface area contributed by atoms with E-state index in [0.717, 1.165) is 6.04 Å². The second-order valence-electron chi connectivity index (χ2n) is 5.00. The average Bonchev–Trinajstić information content (AvgIpc) is 2.04. The van der Waals surface area contributed by atoms with E-state index in [9.17, 15) is 0 Å². The van der Waals surface area contributed by atoms with E-state index in [1.165, 1.54) is 45.1 Å². The minimum absolute atomic E-state index is 0.672. The van der Waals surface area contributed by atoms with Gasteiger partial charge in [0.05, 0.1) is 0 Å². The zero-order valence-corrected chi connectivity index (χ0v) is 8.47. The van der Waals surface area contributed by atoms with Crippen molar-refractivity contribution in [1.29, 1.82) is 0 Å². The molecule has 1 nitrogen and oxygen atoms in total. The minimum Gasteiger partial charge on any atom is -0.303 e. The van der Waals surface area contributed by atoms with Crippen molar-refractivity contribution in [2.24, 2.45) is 5.41 Å². The van der Waals surface area contributed by atoms with Gasteiger partial charge in [0.15, 0.2) is 0 Å². The third-order valence-electron chi connectivity index (χ3n) is 4.07. The van der Waals surface area contributed by atoms with E-state index in [1.807, 2.05) is 0 Å². The molecule has 0 N–H and O–H groups in total. The van der Waals surface area contributed by atoms with Crippen LogP contribution in [0.1, 0.15) is 45.4 Å². The molecule has 0 bridgehead atoms. The number of likely N-dealkylation sites (tertiary alicyclic amines) is 1. The summed E-state index contributed by atoms with van der Waals surface area (Å²) in [5.74, 6) is 0. The Labute approximate surface area is 76.1 Å². The first-order chi connectivity index (χ1) is 5.72. The molecule has 1 aliphatic heterocycles. The van der Waals surface area contributed by atoms with Crippen LogP contribution in [-0.2, 0) is 0 Å². The van der Waals surface area contributed by atoms with E-state index in [1.54, 1.807) is 0 Å². The zero-order valence-electron chi connectivity index (χ0n) is 8.47. The molecule has 1 heterocycles.